The van der Waals surface area contributed by atoms with Gasteiger partial charge in [-0.05, 0) is 24.3 Å². The van der Waals surface area contributed by atoms with E-state index >= 15 is 0 Å². The number of hydrogen-bond acceptors (Lipinski definition) is 4. The van der Waals surface area contributed by atoms with E-state index in [4.69, 9.17) is 16.2 Å². The number of hydrogen-bond donors (Lipinski definition) is 3. The van der Waals surface area contributed by atoms with Gasteiger partial charge in [0.25, 0.3) is 0 Å². The van der Waals surface area contributed by atoms with Crippen LogP contribution < -0.4 is 16.2 Å². The molecule has 0 radical (unpaired) electrons. The summed E-state index contributed by atoms with van der Waals surface area (Å²) >= 11 is 0. The van der Waals surface area contributed by atoms with Crippen molar-refractivity contribution in [3.8, 4) is 17.0 Å². The van der Waals surface area contributed by atoms with Crippen LogP contribution in [-0.4, -0.2) is 17.3 Å². The number of nitrogens with zero attached hydrogens (tertiary/aromatic N) is 1. The molecule has 0 spiro atoms. The second-order valence-electron chi connectivity index (χ2n) is 3.44. The molecular weight excluding hydrogens is 204 g/mol. The molecule has 0 amide bonds. The molecule has 0 aliphatic rings. The van der Waals surface area contributed by atoms with Gasteiger partial charge in [0.05, 0.1) is 18.5 Å². The van der Waals surface area contributed by atoms with Crippen LogP contribution in [0.15, 0.2) is 24.3 Å². The lowest BCUT2D eigenvalue weighted by atomic mass is 10.1. The number of benzene rings is 1. The fourth-order valence-corrected chi connectivity index (χ4v) is 1.51. The Morgan fingerprint density at radius 2 is 2.19 bits per heavy atom. The van der Waals surface area contributed by atoms with Crippen molar-refractivity contribution in [2.75, 3.05) is 12.8 Å². The number of ether oxygens (including phenoxy) is 1. The average molecular weight is 218 g/mol. The lowest BCUT2D eigenvalue weighted by molar-refractivity contribution is 0.417. The molecule has 5 heteroatoms. The second kappa shape index (κ2) is 4.24. The molecule has 0 fully saturated rings. The molecule has 5 nitrogen and oxygen atoms in total. The molecule has 0 saturated heterocycles. The molecule has 0 atom stereocenters. The van der Waals surface area contributed by atoms with E-state index in [-0.39, 0.29) is 0 Å². The van der Waals surface area contributed by atoms with E-state index < -0.39 is 0 Å². The summed E-state index contributed by atoms with van der Waals surface area (Å²) < 4.78 is 5.09. The summed E-state index contributed by atoms with van der Waals surface area (Å²) in [5.41, 5.74) is 14.6. The minimum atomic E-state index is 0.443. The highest BCUT2D eigenvalue weighted by Crippen LogP contribution is 2.27. The third-order valence-electron chi connectivity index (χ3n) is 2.38. The minimum absolute atomic E-state index is 0.443. The van der Waals surface area contributed by atoms with E-state index in [1.165, 1.54) is 0 Å². The Bertz CT molecular complexity index is 492. The first-order valence-electron chi connectivity index (χ1n) is 4.93. The quantitative estimate of drug-likeness (QED) is 0.673. The minimum Gasteiger partial charge on any atom is -0.495 e. The smallest absolute Gasteiger partial charge is 0.141 e. The number of rotatable bonds is 3. The Kier molecular flexibility index (Phi) is 2.78. The van der Waals surface area contributed by atoms with Crippen LogP contribution in [-0.2, 0) is 6.54 Å². The van der Waals surface area contributed by atoms with Crippen LogP contribution in [0.25, 0.3) is 11.3 Å². The number of aromatic nitrogens is 2. The van der Waals surface area contributed by atoms with Crippen LogP contribution in [0.5, 0.6) is 5.75 Å². The zero-order valence-corrected chi connectivity index (χ0v) is 9.03. The van der Waals surface area contributed by atoms with E-state index in [1.807, 2.05) is 24.3 Å². The molecule has 0 unspecified atom stereocenters. The maximum Gasteiger partial charge on any atom is 0.141 e. The monoisotopic (exact) mass is 218 g/mol. The molecule has 2 rings (SSSR count). The van der Waals surface area contributed by atoms with Gasteiger partial charge in [-0.2, -0.15) is 5.10 Å². The van der Waals surface area contributed by atoms with E-state index in [0.29, 0.717) is 18.0 Å². The summed E-state index contributed by atoms with van der Waals surface area (Å²) in [5, 5.41) is 7.01. The first-order chi connectivity index (χ1) is 7.74. The van der Waals surface area contributed by atoms with Crippen molar-refractivity contribution in [3.63, 3.8) is 0 Å². The van der Waals surface area contributed by atoms with E-state index in [0.717, 1.165) is 17.0 Å². The molecule has 1 aromatic heterocycles. The molecule has 0 saturated carbocycles. The topological polar surface area (TPSA) is 90.0 Å². The molecular formula is C11H14N4O. The number of methoxy groups -OCH3 is 1. The van der Waals surface area contributed by atoms with Crippen molar-refractivity contribution in [2.24, 2.45) is 5.73 Å². The van der Waals surface area contributed by atoms with Crippen molar-refractivity contribution in [1.82, 2.24) is 10.2 Å². The first kappa shape index (κ1) is 10.5. The zero-order valence-electron chi connectivity index (χ0n) is 9.03. The van der Waals surface area contributed by atoms with Crippen molar-refractivity contribution < 1.29 is 4.74 Å². The van der Waals surface area contributed by atoms with Gasteiger partial charge in [-0.25, -0.2) is 0 Å². The molecule has 1 aromatic carbocycles. The van der Waals surface area contributed by atoms with E-state index in [2.05, 4.69) is 10.2 Å². The highest BCUT2D eigenvalue weighted by atomic mass is 16.5. The van der Waals surface area contributed by atoms with Gasteiger partial charge in [0, 0.05) is 17.8 Å². The Morgan fingerprint density at radius 1 is 1.38 bits per heavy atom. The fourth-order valence-electron chi connectivity index (χ4n) is 1.51. The van der Waals surface area contributed by atoms with Crippen LogP contribution in [0.3, 0.4) is 0 Å². The molecule has 84 valence electrons. The third kappa shape index (κ3) is 1.85. The fraction of sp³-hybridized carbons (Fsp3) is 0.182. The number of anilines is 1. The number of H-pyrrole nitrogens is 1. The Morgan fingerprint density at radius 3 is 2.75 bits per heavy atom. The lowest BCUT2D eigenvalue weighted by Crippen LogP contribution is -1.95. The Hall–Kier alpha value is -2.01. The highest BCUT2D eigenvalue weighted by Gasteiger charge is 2.06. The molecule has 2 aromatic rings. The summed E-state index contributed by atoms with van der Waals surface area (Å²) in [6.45, 7) is 0.443. The average Bonchev–Trinajstić information content (AvgIpc) is 2.77. The summed E-state index contributed by atoms with van der Waals surface area (Å²) in [4.78, 5) is 0. The van der Waals surface area contributed by atoms with E-state index in [1.54, 1.807) is 7.11 Å². The summed E-state index contributed by atoms with van der Waals surface area (Å²) in [5.74, 6) is 0.665. The molecule has 0 bridgehead atoms. The number of nitrogen functional groups attached to an aromatic ring is 1. The largest absolute Gasteiger partial charge is 0.495 e. The van der Waals surface area contributed by atoms with Crippen molar-refractivity contribution in [1.29, 1.82) is 0 Å². The van der Waals surface area contributed by atoms with Gasteiger partial charge in [0.2, 0.25) is 0 Å². The summed E-state index contributed by atoms with van der Waals surface area (Å²) in [7, 11) is 1.59. The van der Waals surface area contributed by atoms with Crippen molar-refractivity contribution >= 4 is 5.69 Å². The van der Waals surface area contributed by atoms with Gasteiger partial charge in [-0.15, -0.1) is 0 Å². The standard InChI is InChI=1S/C11H14N4O/c1-16-11-3-2-7(4-9(11)13)10-5-8(6-12)14-15-10/h2-5H,6,12-13H2,1H3,(H,14,15). The van der Waals surface area contributed by atoms with Gasteiger partial charge in [-0.1, -0.05) is 0 Å². The maximum atomic E-state index is 5.82. The van der Waals surface area contributed by atoms with Gasteiger partial charge in [-0.3, -0.25) is 5.10 Å². The van der Waals surface area contributed by atoms with Crippen LogP contribution >= 0.6 is 0 Å². The lowest BCUT2D eigenvalue weighted by Gasteiger charge is -2.05. The van der Waals surface area contributed by atoms with Crippen LogP contribution in [0, 0.1) is 0 Å². The van der Waals surface area contributed by atoms with Crippen LogP contribution in [0.2, 0.25) is 0 Å². The highest BCUT2D eigenvalue weighted by molar-refractivity contribution is 5.68. The van der Waals surface area contributed by atoms with E-state index in [9.17, 15) is 0 Å². The molecule has 0 aliphatic carbocycles. The van der Waals surface area contributed by atoms with Crippen molar-refractivity contribution in [3.05, 3.63) is 30.0 Å². The predicted molar refractivity (Wildman–Crippen MR) is 62.9 cm³/mol. The molecule has 5 N–H and O–H groups in total. The predicted octanol–water partition coefficient (Wildman–Crippen LogP) is 1.13. The Balaban J connectivity index is 2.37. The number of aromatic amines is 1. The molecule has 16 heavy (non-hydrogen) atoms. The third-order valence-corrected chi connectivity index (χ3v) is 2.38. The van der Waals surface area contributed by atoms with Gasteiger partial charge < -0.3 is 16.2 Å². The maximum absolute atomic E-state index is 5.82. The molecule has 1 heterocycles. The van der Waals surface area contributed by atoms with Crippen LogP contribution in [0.4, 0.5) is 5.69 Å². The molecule has 0 aliphatic heterocycles. The number of nitrogens with one attached hydrogen (secondary N) is 1. The van der Waals surface area contributed by atoms with Gasteiger partial charge in [0.1, 0.15) is 5.75 Å². The summed E-state index contributed by atoms with van der Waals surface area (Å²) in [6, 6.07) is 7.46. The van der Waals surface area contributed by atoms with Crippen LogP contribution in [0.1, 0.15) is 5.69 Å². The normalized spacial score (nSPS) is 10.4. The van der Waals surface area contributed by atoms with Crippen molar-refractivity contribution in [2.45, 2.75) is 6.54 Å². The SMILES string of the molecule is COc1ccc(-c2cc(CN)[nH]n2)cc1N. The zero-order chi connectivity index (χ0) is 11.5. The Labute approximate surface area is 93.4 Å². The van der Waals surface area contributed by atoms with Gasteiger partial charge >= 0.3 is 0 Å². The van der Waals surface area contributed by atoms with Gasteiger partial charge in [0.15, 0.2) is 0 Å². The second-order valence-corrected chi connectivity index (χ2v) is 3.44. The summed E-state index contributed by atoms with van der Waals surface area (Å²) in [6.07, 6.45) is 0. The first-order valence-corrected chi connectivity index (χ1v) is 4.93. The number of nitrogens with two attached hydrogens (primary N) is 2.